The number of guanidine groups is 1. The number of fused-ring (bicyclic) bond motifs is 1. The van der Waals surface area contributed by atoms with E-state index in [4.69, 9.17) is 4.42 Å². The van der Waals surface area contributed by atoms with Crippen molar-refractivity contribution in [3.63, 3.8) is 0 Å². The molecule has 0 aliphatic carbocycles. The maximum Gasteiger partial charge on any atom is 0.191 e. The van der Waals surface area contributed by atoms with Gasteiger partial charge in [-0.05, 0) is 50.5 Å². The van der Waals surface area contributed by atoms with Gasteiger partial charge in [-0.25, -0.2) is 4.99 Å². The highest BCUT2D eigenvalue weighted by atomic mass is 127. The Morgan fingerprint density at radius 1 is 1.21 bits per heavy atom. The summed E-state index contributed by atoms with van der Waals surface area (Å²) < 4.78 is 5.56. The summed E-state index contributed by atoms with van der Waals surface area (Å²) in [6.45, 7) is 10.5. The molecular formula is C22H33IN4O2. The number of hydrogen-bond acceptors (Lipinski definition) is 4. The van der Waals surface area contributed by atoms with Gasteiger partial charge in [0.1, 0.15) is 17.1 Å². The number of aryl methyl sites for hydroxylation is 1. The number of nitrogens with one attached hydrogen (secondary N) is 2. The molecule has 2 heterocycles. The van der Waals surface area contributed by atoms with Gasteiger partial charge in [0.05, 0.1) is 6.54 Å². The molecule has 1 aliphatic heterocycles. The Kier molecular flexibility index (Phi) is 8.98. The van der Waals surface area contributed by atoms with Crippen molar-refractivity contribution >= 4 is 29.9 Å². The molecule has 1 aromatic heterocycles. The highest BCUT2D eigenvalue weighted by molar-refractivity contribution is 14.0. The summed E-state index contributed by atoms with van der Waals surface area (Å²) in [5.41, 5.74) is 1.77. The van der Waals surface area contributed by atoms with E-state index in [-0.39, 0.29) is 30.5 Å². The second kappa shape index (κ2) is 11.0. The molecule has 0 saturated carbocycles. The van der Waals surface area contributed by atoms with Gasteiger partial charge in [0.2, 0.25) is 0 Å². The third-order valence-electron chi connectivity index (χ3n) is 5.09. The van der Waals surface area contributed by atoms with E-state index in [1.54, 1.807) is 13.0 Å². The highest BCUT2D eigenvalue weighted by Gasteiger charge is 2.26. The monoisotopic (exact) mass is 512 g/mol. The molecule has 29 heavy (non-hydrogen) atoms. The molecule has 0 radical (unpaired) electrons. The van der Waals surface area contributed by atoms with Crippen molar-refractivity contribution in [1.82, 2.24) is 15.5 Å². The van der Waals surface area contributed by atoms with Gasteiger partial charge in [0.15, 0.2) is 5.96 Å². The predicted molar refractivity (Wildman–Crippen MR) is 128 cm³/mol. The maximum absolute atomic E-state index is 10.7. The van der Waals surface area contributed by atoms with Gasteiger partial charge < -0.3 is 20.2 Å². The van der Waals surface area contributed by atoms with Gasteiger partial charge in [-0.1, -0.05) is 24.3 Å². The molecule has 6 nitrogen and oxygen atoms in total. The molecule has 1 aromatic carbocycles. The van der Waals surface area contributed by atoms with Crippen molar-refractivity contribution in [1.29, 1.82) is 0 Å². The predicted octanol–water partition coefficient (Wildman–Crippen LogP) is 3.03. The van der Waals surface area contributed by atoms with Gasteiger partial charge >= 0.3 is 0 Å². The van der Waals surface area contributed by atoms with Crippen molar-refractivity contribution in [3.05, 3.63) is 59.0 Å². The van der Waals surface area contributed by atoms with Gasteiger partial charge in [0, 0.05) is 32.7 Å². The van der Waals surface area contributed by atoms with Gasteiger partial charge in [-0.2, -0.15) is 0 Å². The molecule has 1 atom stereocenters. The van der Waals surface area contributed by atoms with Crippen LogP contribution in [0.25, 0.3) is 0 Å². The van der Waals surface area contributed by atoms with Crippen molar-refractivity contribution in [2.45, 2.75) is 39.3 Å². The van der Waals surface area contributed by atoms with Crippen LogP contribution in [0.5, 0.6) is 0 Å². The van der Waals surface area contributed by atoms with E-state index < -0.39 is 5.60 Å². The van der Waals surface area contributed by atoms with Crippen LogP contribution < -0.4 is 10.6 Å². The lowest BCUT2D eigenvalue weighted by Gasteiger charge is -2.29. The minimum atomic E-state index is -1.13. The van der Waals surface area contributed by atoms with Crippen LogP contribution in [0, 0.1) is 6.92 Å². The molecule has 0 saturated heterocycles. The number of rotatable bonds is 7. The molecule has 0 spiro atoms. The first-order valence-electron chi connectivity index (χ1n) is 10.1. The topological polar surface area (TPSA) is 73.0 Å². The number of nitrogens with zero attached hydrogens (tertiary/aromatic N) is 2. The van der Waals surface area contributed by atoms with Crippen LogP contribution in [0.3, 0.4) is 0 Å². The summed E-state index contributed by atoms with van der Waals surface area (Å²) >= 11 is 0. The Labute approximate surface area is 190 Å². The quantitative estimate of drug-likeness (QED) is 0.302. The lowest BCUT2D eigenvalue weighted by Crippen LogP contribution is -2.43. The van der Waals surface area contributed by atoms with Crippen LogP contribution in [-0.4, -0.2) is 48.7 Å². The van der Waals surface area contributed by atoms with E-state index in [1.807, 2.05) is 19.9 Å². The van der Waals surface area contributed by atoms with Crippen LogP contribution in [-0.2, 0) is 18.6 Å². The molecule has 0 bridgehead atoms. The Morgan fingerprint density at radius 2 is 1.97 bits per heavy atom. The van der Waals surface area contributed by atoms with Crippen LogP contribution in [0.15, 0.2) is 45.8 Å². The summed E-state index contributed by atoms with van der Waals surface area (Å²) in [6, 6.07) is 12.3. The Morgan fingerprint density at radius 3 is 2.66 bits per heavy atom. The van der Waals surface area contributed by atoms with Crippen molar-refractivity contribution in [3.8, 4) is 0 Å². The first-order valence-corrected chi connectivity index (χ1v) is 10.1. The fourth-order valence-corrected chi connectivity index (χ4v) is 3.45. The maximum atomic E-state index is 10.7. The van der Waals surface area contributed by atoms with Crippen LogP contribution in [0.4, 0.5) is 0 Å². The SMILES string of the molecule is CCNC(=NCC(C)(O)c1ccc(C)o1)NCCN1CCc2ccccc2C1.I. The second-order valence-electron chi connectivity index (χ2n) is 7.60. The Bertz CT molecular complexity index is 804. The van der Waals surface area contributed by atoms with E-state index in [0.29, 0.717) is 11.7 Å². The fourth-order valence-electron chi connectivity index (χ4n) is 3.45. The average molecular weight is 512 g/mol. The van der Waals surface area contributed by atoms with Crippen molar-refractivity contribution in [2.75, 3.05) is 32.7 Å². The molecule has 1 aliphatic rings. The van der Waals surface area contributed by atoms with Crippen LogP contribution in [0.2, 0.25) is 0 Å². The smallest absolute Gasteiger partial charge is 0.191 e. The zero-order chi connectivity index (χ0) is 20.0. The number of furan rings is 1. The molecule has 160 valence electrons. The van der Waals surface area contributed by atoms with E-state index in [0.717, 1.165) is 44.9 Å². The summed E-state index contributed by atoms with van der Waals surface area (Å²) in [5.74, 6) is 2.03. The summed E-state index contributed by atoms with van der Waals surface area (Å²) in [4.78, 5) is 7.01. The van der Waals surface area contributed by atoms with Gasteiger partial charge in [0.25, 0.3) is 0 Å². The lowest BCUT2D eigenvalue weighted by atomic mass is 10.00. The molecule has 3 N–H and O–H groups in total. The molecule has 0 fully saturated rings. The van der Waals surface area contributed by atoms with Crippen molar-refractivity contribution in [2.24, 2.45) is 4.99 Å². The lowest BCUT2D eigenvalue weighted by molar-refractivity contribution is 0.0428. The molecular weight excluding hydrogens is 479 g/mol. The Balaban J connectivity index is 0.00000300. The van der Waals surface area contributed by atoms with E-state index in [1.165, 1.54) is 11.1 Å². The third-order valence-corrected chi connectivity index (χ3v) is 5.09. The fraction of sp³-hybridized carbons (Fsp3) is 0.500. The molecule has 7 heteroatoms. The number of aliphatic hydroxyl groups is 1. The average Bonchev–Trinajstić information content (AvgIpc) is 3.13. The standard InChI is InChI=1S/C22H32N4O2.HI/c1-4-23-21(25-16-22(3,27)20-10-9-17(2)28-20)24-12-14-26-13-11-18-7-5-6-8-19(18)15-26;/h5-10,27H,4,11-16H2,1-3H3,(H2,23,24,25);1H. The summed E-state index contributed by atoms with van der Waals surface area (Å²) in [7, 11) is 0. The largest absolute Gasteiger partial charge is 0.463 e. The zero-order valence-corrected chi connectivity index (χ0v) is 19.9. The Hall–Kier alpha value is -1.58. The first-order chi connectivity index (χ1) is 13.5. The summed E-state index contributed by atoms with van der Waals surface area (Å²) in [5, 5.41) is 17.3. The first kappa shape index (κ1) is 23.7. The zero-order valence-electron chi connectivity index (χ0n) is 17.6. The molecule has 2 aromatic rings. The molecule has 0 amide bonds. The number of hydrogen-bond donors (Lipinski definition) is 3. The normalized spacial score (nSPS) is 16.5. The molecule has 3 rings (SSSR count). The second-order valence-corrected chi connectivity index (χ2v) is 7.60. The van der Waals surface area contributed by atoms with Crippen molar-refractivity contribution < 1.29 is 9.52 Å². The van der Waals surface area contributed by atoms with Crippen LogP contribution >= 0.6 is 24.0 Å². The minimum absolute atomic E-state index is 0. The molecule has 1 unspecified atom stereocenters. The number of halogens is 1. The van der Waals surface area contributed by atoms with Gasteiger partial charge in [-0.15, -0.1) is 24.0 Å². The summed E-state index contributed by atoms with van der Waals surface area (Å²) in [6.07, 6.45) is 1.11. The van der Waals surface area contributed by atoms with E-state index in [2.05, 4.69) is 44.8 Å². The van der Waals surface area contributed by atoms with Crippen LogP contribution in [0.1, 0.15) is 36.5 Å². The van der Waals surface area contributed by atoms with E-state index in [9.17, 15) is 5.11 Å². The van der Waals surface area contributed by atoms with E-state index >= 15 is 0 Å². The van der Waals surface area contributed by atoms with Gasteiger partial charge in [-0.3, -0.25) is 4.90 Å². The third kappa shape index (κ3) is 6.72. The minimum Gasteiger partial charge on any atom is -0.463 e. The highest BCUT2D eigenvalue weighted by Crippen LogP contribution is 2.23. The number of aliphatic imine (C=N–C) groups is 1. The number of benzene rings is 1.